The molecule has 0 aliphatic carbocycles. The van der Waals surface area contributed by atoms with Crippen molar-refractivity contribution >= 4 is 28.1 Å². The first kappa shape index (κ1) is 20.5. The molecule has 0 saturated heterocycles. The largest absolute Gasteiger partial charge is 0.397 e. The fourth-order valence-corrected chi connectivity index (χ4v) is 3.50. The molecule has 1 atom stereocenters. The molecule has 3 rings (SSSR count). The Balaban J connectivity index is 1.38. The third-order valence-corrected chi connectivity index (χ3v) is 5.15. The summed E-state index contributed by atoms with van der Waals surface area (Å²) in [5.41, 5.74) is 8.04. The molecule has 3 aromatic carbocycles. The predicted octanol–water partition coefficient (Wildman–Crippen LogP) is 6.21. The predicted molar refractivity (Wildman–Crippen MR) is 120 cm³/mol. The first-order chi connectivity index (χ1) is 14.2. The van der Waals surface area contributed by atoms with Crippen molar-refractivity contribution in [2.45, 2.75) is 44.6 Å². The van der Waals surface area contributed by atoms with E-state index in [-0.39, 0.29) is 11.9 Å². The van der Waals surface area contributed by atoms with Gasteiger partial charge in [-0.25, -0.2) is 0 Å². The van der Waals surface area contributed by atoms with Crippen molar-refractivity contribution in [1.82, 2.24) is 0 Å². The molecule has 3 N–H and O–H groups in total. The molecule has 0 bridgehead atoms. The SMILES string of the molecule is Nc1ccccc1NC(=O)CCCCCCC(N=O)c1ccc2ccccc2c1. The summed E-state index contributed by atoms with van der Waals surface area (Å²) in [6.45, 7) is 0. The first-order valence-corrected chi connectivity index (χ1v) is 10.1. The number of benzene rings is 3. The highest BCUT2D eigenvalue weighted by Crippen LogP contribution is 2.27. The van der Waals surface area contributed by atoms with Crippen LogP contribution >= 0.6 is 0 Å². The summed E-state index contributed by atoms with van der Waals surface area (Å²) in [7, 11) is 0. The molecule has 5 nitrogen and oxygen atoms in total. The van der Waals surface area contributed by atoms with Gasteiger partial charge in [-0.3, -0.25) is 4.79 Å². The quantitative estimate of drug-likeness (QED) is 0.246. The molecule has 29 heavy (non-hydrogen) atoms. The van der Waals surface area contributed by atoms with E-state index in [1.807, 2.05) is 36.4 Å². The number of hydrogen-bond donors (Lipinski definition) is 2. The molecule has 0 heterocycles. The summed E-state index contributed by atoms with van der Waals surface area (Å²) in [5, 5.41) is 8.48. The minimum absolute atomic E-state index is 0.0218. The lowest BCUT2D eigenvalue weighted by atomic mass is 9.98. The van der Waals surface area contributed by atoms with Gasteiger partial charge in [0.2, 0.25) is 5.91 Å². The molecule has 1 unspecified atom stereocenters. The van der Waals surface area contributed by atoms with Crippen molar-refractivity contribution in [2.24, 2.45) is 5.18 Å². The van der Waals surface area contributed by atoms with Gasteiger partial charge in [-0.05, 0) is 47.4 Å². The first-order valence-electron chi connectivity index (χ1n) is 10.1. The number of rotatable bonds is 10. The summed E-state index contributed by atoms with van der Waals surface area (Å²) in [6, 6.07) is 21.1. The van der Waals surface area contributed by atoms with Gasteiger partial charge in [-0.15, -0.1) is 0 Å². The van der Waals surface area contributed by atoms with Crippen LogP contribution in [0.3, 0.4) is 0 Å². The van der Waals surface area contributed by atoms with E-state index in [1.54, 1.807) is 12.1 Å². The number of carbonyl (C=O) groups excluding carboxylic acids is 1. The van der Waals surface area contributed by atoms with Crippen molar-refractivity contribution in [3.05, 3.63) is 77.2 Å². The van der Waals surface area contributed by atoms with Crippen molar-refractivity contribution in [1.29, 1.82) is 0 Å². The third-order valence-electron chi connectivity index (χ3n) is 5.15. The highest BCUT2D eigenvalue weighted by Gasteiger charge is 2.12. The van der Waals surface area contributed by atoms with E-state index in [0.717, 1.165) is 48.4 Å². The van der Waals surface area contributed by atoms with Crippen LogP contribution in [0.2, 0.25) is 0 Å². The van der Waals surface area contributed by atoms with Gasteiger partial charge >= 0.3 is 0 Å². The summed E-state index contributed by atoms with van der Waals surface area (Å²) in [4.78, 5) is 23.4. The van der Waals surface area contributed by atoms with E-state index in [0.29, 0.717) is 17.8 Å². The van der Waals surface area contributed by atoms with E-state index < -0.39 is 0 Å². The van der Waals surface area contributed by atoms with E-state index >= 15 is 0 Å². The Kier molecular flexibility index (Phi) is 7.34. The van der Waals surface area contributed by atoms with Gasteiger partial charge in [0, 0.05) is 6.42 Å². The Morgan fingerprint density at radius 3 is 2.41 bits per heavy atom. The Morgan fingerprint density at radius 2 is 1.62 bits per heavy atom. The molecule has 0 aliphatic heterocycles. The average molecular weight is 389 g/mol. The molecule has 0 saturated carbocycles. The number of nitrogens with zero attached hydrogens (tertiary/aromatic N) is 1. The van der Waals surface area contributed by atoms with Crippen LogP contribution in [0.15, 0.2) is 71.9 Å². The maximum Gasteiger partial charge on any atom is 0.224 e. The topological polar surface area (TPSA) is 84.5 Å². The van der Waals surface area contributed by atoms with Crippen LogP contribution in [-0.2, 0) is 4.79 Å². The van der Waals surface area contributed by atoms with Crippen LogP contribution in [0, 0.1) is 4.91 Å². The van der Waals surface area contributed by atoms with Gasteiger partial charge in [0.1, 0.15) is 6.04 Å². The van der Waals surface area contributed by atoms with Gasteiger partial charge < -0.3 is 11.1 Å². The van der Waals surface area contributed by atoms with E-state index in [9.17, 15) is 9.70 Å². The van der Waals surface area contributed by atoms with Crippen LogP contribution in [-0.4, -0.2) is 5.91 Å². The fraction of sp³-hybridized carbons (Fsp3) is 0.292. The van der Waals surface area contributed by atoms with Gasteiger partial charge in [-0.1, -0.05) is 73.0 Å². The Labute approximate surface area is 171 Å². The summed E-state index contributed by atoms with van der Waals surface area (Å²) < 4.78 is 0. The van der Waals surface area contributed by atoms with Gasteiger partial charge in [0.15, 0.2) is 0 Å². The van der Waals surface area contributed by atoms with Crippen molar-refractivity contribution in [2.75, 3.05) is 11.1 Å². The number of carbonyl (C=O) groups is 1. The Morgan fingerprint density at radius 1 is 0.897 bits per heavy atom. The summed E-state index contributed by atoms with van der Waals surface area (Å²) in [6.07, 6.45) is 4.84. The number of fused-ring (bicyclic) bond motifs is 1. The Hall–Kier alpha value is -3.21. The zero-order valence-electron chi connectivity index (χ0n) is 16.5. The van der Waals surface area contributed by atoms with Gasteiger partial charge in [0.25, 0.3) is 0 Å². The number of para-hydroxylation sites is 2. The van der Waals surface area contributed by atoms with E-state index in [4.69, 9.17) is 5.73 Å². The number of anilines is 2. The number of nitroso groups, excluding NO2 is 1. The summed E-state index contributed by atoms with van der Waals surface area (Å²) in [5.74, 6) is -0.0218. The van der Waals surface area contributed by atoms with Crippen LogP contribution in [0.1, 0.15) is 50.1 Å². The average Bonchev–Trinajstić information content (AvgIpc) is 2.74. The monoisotopic (exact) mass is 389 g/mol. The molecule has 0 aromatic heterocycles. The van der Waals surface area contributed by atoms with Gasteiger partial charge in [-0.2, -0.15) is 4.91 Å². The molecular weight excluding hydrogens is 362 g/mol. The molecule has 0 aliphatic rings. The lowest BCUT2D eigenvalue weighted by Crippen LogP contribution is -2.12. The minimum atomic E-state index is -0.316. The standard InChI is InChI=1S/C24H27N3O2/c25-21-11-7-8-13-23(21)26-24(28)14-4-2-1-3-12-22(27-29)20-16-15-18-9-5-6-10-19(18)17-20/h5-11,13,15-17,22H,1-4,12,14,25H2,(H,26,28). The number of nitrogen functional groups attached to an aromatic ring is 1. The normalized spacial score (nSPS) is 11.9. The molecule has 0 fully saturated rings. The molecule has 5 heteroatoms. The van der Waals surface area contributed by atoms with Crippen LogP contribution in [0.4, 0.5) is 11.4 Å². The second-order valence-electron chi connectivity index (χ2n) is 7.32. The molecule has 0 radical (unpaired) electrons. The van der Waals surface area contributed by atoms with Crippen LogP contribution in [0.25, 0.3) is 10.8 Å². The smallest absolute Gasteiger partial charge is 0.224 e. The molecule has 150 valence electrons. The Bertz CT molecular complexity index is 971. The van der Waals surface area contributed by atoms with Gasteiger partial charge in [0.05, 0.1) is 11.4 Å². The number of nitrogens with two attached hydrogens (primary N) is 1. The highest BCUT2D eigenvalue weighted by atomic mass is 16.3. The zero-order valence-corrected chi connectivity index (χ0v) is 16.5. The van der Waals surface area contributed by atoms with E-state index in [1.165, 1.54) is 0 Å². The second-order valence-corrected chi connectivity index (χ2v) is 7.32. The number of hydrogen-bond acceptors (Lipinski definition) is 4. The maximum atomic E-state index is 12.0. The second kappa shape index (κ2) is 10.4. The van der Waals surface area contributed by atoms with Crippen LogP contribution in [0.5, 0.6) is 0 Å². The number of unbranched alkanes of at least 4 members (excludes halogenated alkanes) is 3. The number of nitrogens with one attached hydrogen (secondary N) is 1. The third kappa shape index (κ3) is 5.88. The summed E-state index contributed by atoms with van der Waals surface area (Å²) >= 11 is 0. The molecule has 1 amide bonds. The van der Waals surface area contributed by atoms with Crippen molar-refractivity contribution in [3.8, 4) is 0 Å². The number of amides is 1. The molecular formula is C24H27N3O2. The fourth-order valence-electron chi connectivity index (χ4n) is 3.50. The lowest BCUT2D eigenvalue weighted by molar-refractivity contribution is -0.116. The zero-order chi connectivity index (χ0) is 20.5. The van der Waals surface area contributed by atoms with Crippen molar-refractivity contribution < 1.29 is 4.79 Å². The molecule has 0 spiro atoms. The van der Waals surface area contributed by atoms with Crippen molar-refractivity contribution in [3.63, 3.8) is 0 Å². The van der Waals surface area contributed by atoms with E-state index in [2.05, 4.69) is 28.7 Å². The lowest BCUT2D eigenvalue weighted by Gasteiger charge is -2.11. The van der Waals surface area contributed by atoms with Crippen LogP contribution < -0.4 is 11.1 Å². The molecule has 3 aromatic rings. The minimum Gasteiger partial charge on any atom is -0.397 e. The maximum absolute atomic E-state index is 12.0. The highest BCUT2D eigenvalue weighted by molar-refractivity contribution is 5.93.